The second-order valence-electron chi connectivity index (χ2n) is 9.81. The molecule has 3 aromatic rings. The summed E-state index contributed by atoms with van der Waals surface area (Å²) in [6, 6.07) is 4.62. The summed E-state index contributed by atoms with van der Waals surface area (Å²) in [6.07, 6.45) is 3.41. The SMILES string of the molecule is CC=C(CCNC)C(=O)O[C@H]1Cc2c(c(Cc3ccnc(N)c3)c3oc(CO)cc(=O)c3c2O)OC1(C)C. The molecule has 5 N–H and O–H groups in total. The average molecular weight is 524 g/mol. The van der Waals surface area contributed by atoms with E-state index in [0.717, 1.165) is 11.6 Å². The molecule has 202 valence electrons. The molecule has 0 aliphatic carbocycles. The van der Waals surface area contributed by atoms with E-state index in [2.05, 4.69) is 10.3 Å². The van der Waals surface area contributed by atoms with Crippen LogP contribution in [0.2, 0.25) is 0 Å². The highest BCUT2D eigenvalue weighted by Crippen LogP contribution is 2.46. The molecule has 1 atom stereocenters. The minimum absolute atomic E-state index is 0.0328. The normalized spacial score (nSPS) is 16.7. The summed E-state index contributed by atoms with van der Waals surface area (Å²) in [6.45, 7) is 5.50. The zero-order valence-corrected chi connectivity index (χ0v) is 22.0. The zero-order valence-electron chi connectivity index (χ0n) is 22.0. The highest BCUT2D eigenvalue weighted by Gasteiger charge is 2.43. The molecule has 3 heterocycles. The van der Waals surface area contributed by atoms with E-state index in [4.69, 9.17) is 19.6 Å². The fraction of sp³-hybridized carbons (Fsp3) is 0.393. The molecule has 0 spiro atoms. The summed E-state index contributed by atoms with van der Waals surface area (Å²) in [5, 5.41) is 23.9. The van der Waals surface area contributed by atoms with E-state index in [1.807, 2.05) is 0 Å². The number of esters is 1. The summed E-state index contributed by atoms with van der Waals surface area (Å²) in [7, 11) is 1.80. The molecular weight excluding hydrogens is 490 g/mol. The van der Waals surface area contributed by atoms with Crippen LogP contribution in [0, 0.1) is 0 Å². The lowest BCUT2D eigenvalue weighted by molar-refractivity contribution is -0.156. The Morgan fingerprint density at radius 3 is 2.79 bits per heavy atom. The second-order valence-corrected chi connectivity index (χ2v) is 9.81. The van der Waals surface area contributed by atoms with Gasteiger partial charge in [0.2, 0.25) is 0 Å². The number of aliphatic hydroxyl groups is 1. The number of aromatic hydroxyl groups is 1. The first-order valence-corrected chi connectivity index (χ1v) is 12.4. The number of nitrogens with two attached hydrogens (primary N) is 1. The molecule has 1 aliphatic rings. The predicted octanol–water partition coefficient (Wildman–Crippen LogP) is 2.74. The number of fused-ring (bicyclic) bond motifs is 2. The predicted molar refractivity (Wildman–Crippen MR) is 142 cm³/mol. The Hall–Kier alpha value is -3.89. The number of phenols is 1. The first-order valence-electron chi connectivity index (χ1n) is 12.4. The Bertz CT molecular complexity index is 1460. The van der Waals surface area contributed by atoms with Gasteiger partial charge in [0.15, 0.2) is 5.43 Å². The van der Waals surface area contributed by atoms with Gasteiger partial charge in [-0.3, -0.25) is 4.79 Å². The van der Waals surface area contributed by atoms with Crippen molar-refractivity contribution in [2.24, 2.45) is 0 Å². The number of nitrogens with zero attached hydrogens (tertiary/aromatic N) is 1. The average Bonchev–Trinajstić information content (AvgIpc) is 2.87. The Balaban J connectivity index is 1.85. The second kappa shape index (κ2) is 10.8. The number of nitrogens with one attached hydrogen (secondary N) is 1. The Labute approximate surface area is 220 Å². The first kappa shape index (κ1) is 27.2. The third kappa shape index (κ3) is 5.23. The topological polar surface area (TPSA) is 157 Å². The van der Waals surface area contributed by atoms with Gasteiger partial charge < -0.3 is 35.2 Å². The lowest BCUT2D eigenvalue weighted by Crippen LogP contribution is -2.49. The van der Waals surface area contributed by atoms with Crippen molar-refractivity contribution >= 4 is 22.8 Å². The van der Waals surface area contributed by atoms with Crippen LogP contribution < -0.4 is 21.2 Å². The van der Waals surface area contributed by atoms with Crippen LogP contribution in [0.5, 0.6) is 11.5 Å². The van der Waals surface area contributed by atoms with Crippen molar-refractivity contribution in [3.05, 3.63) is 68.7 Å². The number of ether oxygens (including phenoxy) is 2. The van der Waals surface area contributed by atoms with E-state index in [9.17, 15) is 19.8 Å². The van der Waals surface area contributed by atoms with Crippen molar-refractivity contribution in [3.63, 3.8) is 0 Å². The highest BCUT2D eigenvalue weighted by molar-refractivity contribution is 5.91. The van der Waals surface area contributed by atoms with Crippen LogP contribution in [0.4, 0.5) is 5.82 Å². The third-order valence-electron chi connectivity index (χ3n) is 6.76. The molecule has 0 bridgehead atoms. The van der Waals surface area contributed by atoms with Crippen LogP contribution in [0.1, 0.15) is 49.6 Å². The lowest BCUT2D eigenvalue weighted by Gasteiger charge is -2.40. The summed E-state index contributed by atoms with van der Waals surface area (Å²) in [5.74, 6) is -0.0535. The van der Waals surface area contributed by atoms with Crippen LogP contribution in [0.15, 0.2) is 45.3 Å². The summed E-state index contributed by atoms with van der Waals surface area (Å²) in [4.78, 5) is 30.0. The molecule has 38 heavy (non-hydrogen) atoms. The number of anilines is 1. The van der Waals surface area contributed by atoms with Crippen molar-refractivity contribution < 1.29 is 28.9 Å². The smallest absolute Gasteiger partial charge is 0.334 e. The van der Waals surface area contributed by atoms with Gasteiger partial charge in [-0.05, 0) is 58.5 Å². The molecular formula is C28H33N3O7. The summed E-state index contributed by atoms with van der Waals surface area (Å²) < 4.78 is 18.2. The molecule has 0 fully saturated rings. The number of pyridine rings is 1. The van der Waals surface area contributed by atoms with E-state index in [-0.39, 0.29) is 35.3 Å². The molecule has 1 aliphatic heterocycles. The number of hydrogen-bond acceptors (Lipinski definition) is 10. The third-order valence-corrected chi connectivity index (χ3v) is 6.76. The molecule has 10 nitrogen and oxygen atoms in total. The molecule has 0 saturated heterocycles. The van der Waals surface area contributed by atoms with Crippen molar-refractivity contribution in [1.29, 1.82) is 0 Å². The van der Waals surface area contributed by atoms with Crippen LogP contribution in [0.25, 0.3) is 11.0 Å². The number of benzene rings is 1. The van der Waals surface area contributed by atoms with E-state index in [0.29, 0.717) is 41.2 Å². The summed E-state index contributed by atoms with van der Waals surface area (Å²) in [5.41, 5.74) is 6.66. The molecule has 10 heteroatoms. The van der Waals surface area contributed by atoms with Gasteiger partial charge in [0.05, 0.1) is 0 Å². The molecule has 1 aromatic carbocycles. The molecule has 2 aromatic heterocycles. The fourth-order valence-electron chi connectivity index (χ4n) is 4.65. The van der Waals surface area contributed by atoms with Crippen LogP contribution in [-0.2, 0) is 29.0 Å². The van der Waals surface area contributed by atoms with Crippen molar-refractivity contribution in [2.75, 3.05) is 19.3 Å². The molecule has 4 rings (SSSR count). The number of allylic oxidation sites excluding steroid dienone is 1. The van der Waals surface area contributed by atoms with Crippen LogP contribution in [0.3, 0.4) is 0 Å². The highest BCUT2D eigenvalue weighted by atomic mass is 16.6. The maximum atomic E-state index is 13.0. The van der Waals surface area contributed by atoms with Gasteiger partial charge in [0, 0.05) is 41.8 Å². The van der Waals surface area contributed by atoms with E-state index in [1.165, 1.54) is 0 Å². The molecule has 0 unspecified atom stereocenters. The number of aromatic nitrogens is 1. The minimum atomic E-state index is -0.981. The number of carbonyl (C=O) groups excluding carboxylic acids is 1. The lowest BCUT2D eigenvalue weighted by atomic mass is 9.86. The van der Waals surface area contributed by atoms with Gasteiger partial charge in [-0.2, -0.15) is 0 Å². The number of aliphatic hydroxyl groups excluding tert-OH is 1. The number of phenolic OH excluding ortho intramolecular Hbond substituents is 1. The van der Waals surface area contributed by atoms with Crippen molar-refractivity contribution in [3.8, 4) is 11.5 Å². The minimum Gasteiger partial charge on any atom is -0.507 e. The van der Waals surface area contributed by atoms with Gasteiger partial charge in [-0.1, -0.05) is 6.08 Å². The molecule has 0 saturated carbocycles. The summed E-state index contributed by atoms with van der Waals surface area (Å²) >= 11 is 0. The maximum absolute atomic E-state index is 13.0. The standard InChI is InChI=1S/C28H33N3O7/c1-5-16(7-8-30-4)27(35)37-21-13-18-24(34)23-20(33)12-17(14-32)36-26(23)19(25(18)38-28(21,2)3)10-15-6-9-31-22(29)11-15/h5-6,9,11-12,21,30,32,34H,7-8,10,13-14H2,1-4H3,(H2,29,31)/t21-/m0/s1. The quantitative estimate of drug-likeness (QED) is 0.256. The Morgan fingerprint density at radius 2 is 2.13 bits per heavy atom. The Kier molecular flexibility index (Phi) is 7.75. The number of rotatable bonds is 8. The maximum Gasteiger partial charge on any atom is 0.334 e. The van der Waals surface area contributed by atoms with E-state index >= 15 is 0 Å². The van der Waals surface area contributed by atoms with Crippen molar-refractivity contribution in [2.45, 2.75) is 58.3 Å². The van der Waals surface area contributed by atoms with Gasteiger partial charge in [-0.15, -0.1) is 0 Å². The van der Waals surface area contributed by atoms with Gasteiger partial charge in [0.1, 0.15) is 52.4 Å². The zero-order chi connectivity index (χ0) is 27.6. The van der Waals surface area contributed by atoms with Gasteiger partial charge in [-0.25, -0.2) is 9.78 Å². The molecule has 0 radical (unpaired) electrons. The van der Waals surface area contributed by atoms with Crippen LogP contribution in [-0.4, -0.2) is 46.5 Å². The largest absolute Gasteiger partial charge is 0.507 e. The van der Waals surface area contributed by atoms with E-state index in [1.54, 1.807) is 52.2 Å². The van der Waals surface area contributed by atoms with Gasteiger partial charge in [0.25, 0.3) is 0 Å². The Morgan fingerprint density at radius 1 is 1.37 bits per heavy atom. The van der Waals surface area contributed by atoms with Crippen molar-refractivity contribution in [1.82, 2.24) is 10.3 Å². The molecule has 0 amide bonds. The fourth-order valence-corrected chi connectivity index (χ4v) is 4.65. The number of nitrogen functional groups attached to an aromatic ring is 1. The number of hydrogen-bond donors (Lipinski definition) is 4. The first-order chi connectivity index (χ1) is 18.1. The number of carbonyl (C=O) groups is 1. The van der Waals surface area contributed by atoms with Crippen LogP contribution >= 0.6 is 0 Å². The van der Waals surface area contributed by atoms with Gasteiger partial charge >= 0.3 is 5.97 Å². The monoisotopic (exact) mass is 523 g/mol. The van der Waals surface area contributed by atoms with E-state index < -0.39 is 29.7 Å².